The van der Waals surface area contributed by atoms with Crippen LogP contribution in [0.2, 0.25) is 0 Å². The van der Waals surface area contributed by atoms with E-state index >= 15 is 0 Å². The number of alkyl halides is 3. The van der Waals surface area contributed by atoms with Gasteiger partial charge in [0, 0.05) is 29.9 Å². The Labute approximate surface area is 147 Å². The van der Waals surface area contributed by atoms with E-state index in [0.717, 1.165) is 36.3 Å². The van der Waals surface area contributed by atoms with E-state index in [1.165, 1.54) is 23.5 Å². The van der Waals surface area contributed by atoms with Crippen LogP contribution in [0.4, 0.5) is 18.0 Å². The van der Waals surface area contributed by atoms with Gasteiger partial charge < -0.3 is 4.90 Å². The Morgan fingerprint density at radius 2 is 1.76 bits per heavy atom. The molecule has 0 spiro atoms. The number of nitrogens with zero attached hydrogens (tertiary/aromatic N) is 3. The number of aromatic nitrogens is 1. The molecule has 3 rings (SSSR count). The molecule has 1 aromatic carbocycles. The van der Waals surface area contributed by atoms with Crippen molar-refractivity contribution in [1.82, 2.24) is 9.47 Å². The Balaban J connectivity index is 1.93. The van der Waals surface area contributed by atoms with Gasteiger partial charge in [-0.2, -0.15) is 18.2 Å². The highest BCUT2D eigenvalue weighted by Crippen LogP contribution is 2.29. The van der Waals surface area contributed by atoms with Gasteiger partial charge in [0.15, 0.2) is 4.80 Å². The zero-order valence-electron chi connectivity index (χ0n) is 13.7. The zero-order chi connectivity index (χ0) is 18.0. The van der Waals surface area contributed by atoms with E-state index in [4.69, 9.17) is 0 Å². The second-order valence-corrected chi connectivity index (χ2v) is 7.19. The molecular weight excluding hydrogens is 351 g/mol. The highest BCUT2D eigenvalue weighted by Gasteiger charge is 2.30. The van der Waals surface area contributed by atoms with Gasteiger partial charge in [-0.3, -0.25) is 4.57 Å². The molecule has 2 aromatic rings. The molecule has 25 heavy (non-hydrogen) atoms. The maximum Gasteiger partial charge on any atom is 0.416 e. The molecule has 0 N–H and O–H groups in total. The minimum atomic E-state index is -4.37. The lowest BCUT2D eigenvalue weighted by Crippen LogP contribution is -2.34. The van der Waals surface area contributed by atoms with E-state index in [2.05, 4.69) is 4.99 Å². The summed E-state index contributed by atoms with van der Waals surface area (Å²) in [6.45, 7) is 3.27. The van der Waals surface area contributed by atoms with E-state index in [9.17, 15) is 18.0 Å². The number of carbonyl (C=O) groups excluding carboxylic acids is 1. The highest BCUT2D eigenvalue weighted by molar-refractivity contribution is 7.09. The smallest absolute Gasteiger partial charge is 0.323 e. The molecule has 8 heteroatoms. The van der Waals surface area contributed by atoms with Gasteiger partial charge in [-0.1, -0.05) is 0 Å². The summed E-state index contributed by atoms with van der Waals surface area (Å²) in [5.41, 5.74) is -0.158. The first-order valence-corrected chi connectivity index (χ1v) is 8.86. The predicted molar refractivity (Wildman–Crippen MR) is 89.8 cm³/mol. The van der Waals surface area contributed by atoms with Crippen LogP contribution >= 0.6 is 11.3 Å². The minimum Gasteiger partial charge on any atom is -0.323 e. The third kappa shape index (κ3) is 4.12. The first kappa shape index (κ1) is 17.7. The average molecular weight is 369 g/mol. The molecular formula is C17H18F3N3OS. The third-order valence-corrected chi connectivity index (χ3v) is 4.96. The SMILES string of the molecule is Cc1cn(-c2ccc(C(F)(F)F)cc2)c(=NC(=O)N2CCCCC2)s1. The van der Waals surface area contributed by atoms with Crippen LogP contribution in [-0.4, -0.2) is 28.6 Å². The largest absolute Gasteiger partial charge is 0.416 e. The third-order valence-electron chi connectivity index (χ3n) is 4.06. The van der Waals surface area contributed by atoms with Crippen LogP contribution in [0.25, 0.3) is 5.69 Å². The van der Waals surface area contributed by atoms with Gasteiger partial charge in [0.1, 0.15) is 0 Å². The number of amides is 2. The molecule has 1 aliphatic heterocycles. The summed E-state index contributed by atoms with van der Waals surface area (Å²) in [5.74, 6) is 0. The lowest BCUT2D eigenvalue weighted by Gasteiger charge is -2.24. The Bertz CT molecular complexity index is 815. The van der Waals surface area contributed by atoms with E-state index in [1.807, 2.05) is 6.92 Å². The van der Waals surface area contributed by atoms with Crippen LogP contribution < -0.4 is 4.80 Å². The molecule has 2 amide bonds. The van der Waals surface area contributed by atoms with Crippen molar-refractivity contribution < 1.29 is 18.0 Å². The molecule has 0 aliphatic carbocycles. The van der Waals surface area contributed by atoms with Crippen molar-refractivity contribution in [3.05, 3.63) is 45.7 Å². The summed E-state index contributed by atoms with van der Waals surface area (Å²) in [6.07, 6.45) is 0.474. The van der Waals surface area contributed by atoms with Gasteiger partial charge in [0.25, 0.3) is 0 Å². The molecule has 1 aliphatic rings. The number of carbonyl (C=O) groups is 1. The van der Waals surface area contributed by atoms with Crippen LogP contribution in [0, 0.1) is 6.92 Å². The monoisotopic (exact) mass is 369 g/mol. The van der Waals surface area contributed by atoms with Crippen LogP contribution in [0.1, 0.15) is 29.7 Å². The van der Waals surface area contributed by atoms with E-state index in [1.54, 1.807) is 15.7 Å². The molecule has 1 aromatic heterocycles. The van der Waals surface area contributed by atoms with Crippen LogP contribution in [-0.2, 0) is 6.18 Å². The van der Waals surface area contributed by atoms with Crippen molar-refractivity contribution in [3.63, 3.8) is 0 Å². The number of aryl methyl sites for hydroxylation is 1. The van der Waals surface area contributed by atoms with Crippen molar-refractivity contribution >= 4 is 17.4 Å². The van der Waals surface area contributed by atoms with Crippen molar-refractivity contribution in [2.75, 3.05) is 13.1 Å². The fourth-order valence-electron chi connectivity index (χ4n) is 2.77. The molecule has 0 unspecified atom stereocenters. The Morgan fingerprint density at radius 1 is 1.12 bits per heavy atom. The van der Waals surface area contributed by atoms with Gasteiger partial charge in [-0.15, -0.1) is 11.3 Å². The number of rotatable bonds is 1. The Morgan fingerprint density at radius 3 is 2.36 bits per heavy atom. The summed E-state index contributed by atoms with van der Waals surface area (Å²) in [4.78, 5) is 19.7. The second-order valence-electron chi connectivity index (χ2n) is 5.98. The summed E-state index contributed by atoms with van der Waals surface area (Å²) < 4.78 is 39.8. The van der Waals surface area contributed by atoms with Gasteiger partial charge in [0.2, 0.25) is 0 Å². The quantitative estimate of drug-likeness (QED) is 0.735. The molecule has 1 fully saturated rings. The van der Waals surface area contributed by atoms with E-state index in [0.29, 0.717) is 23.6 Å². The highest BCUT2D eigenvalue weighted by atomic mass is 32.1. The fraction of sp³-hybridized carbons (Fsp3) is 0.412. The Hall–Kier alpha value is -2.09. The zero-order valence-corrected chi connectivity index (χ0v) is 14.5. The van der Waals surface area contributed by atoms with Gasteiger partial charge in [0.05, 0.1) is 5.56 Å². The van der Waals surface area contributed by atoms with Gasteiger partial charge in [-0.05, 0) is 50.5 Å². The predicted octanol–water partition coefficient (Wildman–Crippen LogP) is 4.37. The van der Waals surface area contributed by atoms with Crippen molar-refractivity contribution in [1.29, 1.82) is 0 Å². The number of hydrogen-bond donors (Lipinski definition) is 0. The average Bonchev–Trinajstić information content (AvgIpc) is 2.95. The lowest BCUT2D eigenvalue weighted by atomic mass is 10.1. The molecule has 4 nitrogen and oxygen atoms in total. The fourth-order valence-corrected chi connectivity index (χ4v) is 3.59. The maximum absolute atomic E-state index is 12.7. The second kappa shape index (κ2) is 7.03. The molecule has 1 saturated heterocycles. The standard InChI is InChI=1S/C17H18F3N3OS/c1-12-11-23(14-7-5-13(6-8-14)17(18,19)20)16(25-12)21-15(24)22-9-3-2-4-10-22/h5-8,11H,2-4,9-10H2,1H3. The number of likely N-dealkylation sites (tertiary alicyclic amines) is 1. The molecule has 0 radical (unpaired) electrons. The molecule has 0 bridgehead atoms. The number of thiazole rings is 1. The molecule has 0 saturated carbocycles. The Kier molecular flexibility index (Phi) is 4.99. The van der Waals surface area contributed by atoms with Crippen LogP contribution in [0.5, 0.6) is 0 Å². The number of urea groups is 1. The summed E-state index contributed by atoms with van der Waals surface area (Å²) in [5, 5.41) is 0. The van der Waals surface area contributed by atoms with E-state index < -0.39 is 11.7 Å². The molecule has 0 atom stereocenters. The molecule has 134 valence electrons. The maximum atomic E-state index is 12.7. The van der Waals surface area contributed by atoms with Gasteiger partial charge in [-0.25, -0.2) is 4.79 Å². The first-order chi connectivity index (χ1) is 11.8. The number of benzene rings is 1. The number of hydrogen-bond acceptors (Lipinski definition) is 2. The summed E-state index contributed by atoms with van der Waals surface area (Å²) in [6, 6.07) is 4.55. The number of halogens is 3. The number of piperidine rings is 1. The lowest BCUT2D eigenvalue weighted by molar-refractivity contribution is -0.137. The van der Waals surface area contributed by atoms with Crippen LogP contribution in [0.3, 0.4) is 0 Å². The normalized spacial score (nSPS) is 16.3. The van der Waals surface area contributed by atoms with Crippen molar-refractivity contribution in [3.8, 4) is 5.69 Å². The molecule has 2 heterocycles. The first-order valence-electron chi connectivity index (χ1n) is 8.05. The summed E-state index contributed by atoms with van der Waals surface area (Å²) >= 11 is 1.34. The minimum absolute atomic E-state index is 0.290. The van der Waals surface area contributed by atoms with Crippen molar-refractivity contribution in [2.45, 2.75) is 32.4 Å². The summed E-state index contributed by atoms with van der Waals surface area (Å²) in [7, 11) is 0. The van der Waals surface area contributed by atoms with Crippen LogP contribution in [0.15, 0.2) is 35.5 Å². The topological polar surface area (TPSA) is 37.6 Å². The van der Waals surface area contributed by atoms with Gasteiger partial charge >= 0.3 is 12.2 Å². The van der Waals surface area contributed by atoms with E-state index in [-0.39, 0.29) is 6.03 Å². The van der Waals surface area contributed by atoms with Crippen molar-refractivity contribution in [2.24, 2.45) is 4.99 Å².